The minimum atomic E-state index is -4.53. The lowest BCUT2D eigenvalue weighted by molar-refractivity contribution is -0.137. The van der Waals surface area contributed by atoms with Crippen LogP contribution in [0.3, 0.4) is 0 Å². The number of halogens is 3. The topological polar surface area (TPSA) is 70.6 Å². The van der Waals surface area contributed by atoms with Gasteiger partial charge in [-0.3, -0.25) is 9.59 Å². The Morgan fingerprint density at radius 1 is 1.07 bits per heavy atom. The molecule has 1 aromatic rings. The second kappa shape index (κ2) is 8.10. The number of alkyl halides is 3. The van der Waals surface area contributed by atoms with Crippen molar-refractivity contribution in [2.24, 2.45) is 16.4 Å². The van der Waals surface area contributed by atoms with Crippen molar-refractivity contribution < 1.29 is 22.8 Å². The maximum absolute atomic E-state index is 12.7. The number of nitrogens with zero attached hydrogens (tertiary/aromatic N) is 1. The molecular weight excluding hydrogens is 359 g/mol. The van der Waals surface area contributed by atoms with Crippen LogP contribution in [0.4, 0.5) is 18.9 Å². The van der Waals surface area contributed by atoms with Crippen LogP contribution in [-0.4, -0.2) is 17.5 Å². The van der Waals surface area contributed by atoms with Gasteiger partial charge in [0, 0.05) is 11.4 Å². The summed E-state index contributed by atoms with van der Waals surface area (Å²) in [4.78, 5) is 23.7. The molecule has 0 heterocycles. The summed E-state index contributed by atoms with van der Waals surface area (Å²) in [5.41, 5.74) is 2.21. The number of hydrazone groups is 1. The highest BCUT2D eigenvalue weighted by atomic mass is 19.4. The van der Waals surface area contributed by atoms with E-state index in [0.717, 1.165) is 49.6 Å². The molecular formula is C19H24F3N3O2. The largest absolute Gasteiger partial charge is 0.416 e. The third-order valence-electron chi connectivity index (χ3n) is 4.76. The Bertz CT molecular complexity index is 726. The minimum absolute atomic E-state index is 0.108. The van der Waals surface area contributed by atoms with Gasteiger partial charge >= 0.3 is 18.0 Å². The summed E-state index contributed by atoms with van der Waals surface area (Å²) in [6.07, 6.45) is -1.10. The Labute approximate surface area is 156 Å². The van der Waals surface area contributed by atoms with Crippen LogP contribution < -0.4 is 10.7 Å². The van der Waals surface area contributed by atoms with E-state index >= 15 is 0 Å². The van der Waals surface area contributed by atoms with E-state index in [-0.39, 0.29) is 11.1 Å². The Morgan fingerprint density at radius 3 is 2.26 bits per heavy atom. The predicted octanol–water partition coefficient (Wildman–Crippen LogP) is 4.35. The van der Waals surface area contributed by atoms with E-state index < -0.39 is 23.6 Å². The number of rotatable bonds is 2. The van der Waals surface area contributed by atoms with Crippen LogP contribution in [0.2, 0.25) is 0 Å². The zero-order valence-electron chi connectivity index (χ0n) is 15.6. The van der Waals surface area contributed by atoms with Crippen molar-refractivity contribution in [1.82, 2.24) is 5.43 Å². The van der Waals surface area contributed by atoms with Gasteiger partial charge in [0.1, 0.15) is 0 Å². The molecule has 2 rings (SSSR count). The van der Waals surface area contributed by atoms with Gasteiger partial charge in [-0.2, -0.15) is 18.3 Å². The lowest BCUT2D eigenvalue weighted by Crippen LogP contribution is -2.34. The number of hydrogen-bond donors (Lipinski definition) is 2. The van der Waals surface area contributed by atoms with Crippen LogP contribution in [0.5, 0.6) is 0 Å². The number of carbonyl (C=O) groups excluding carboxylic acids is 2. The molecule has 0 aliphatic heterocycles. The zero-order chi connectivity index (χ0) is 20.2. The summed E-state index contributed by atoms with van der Waals surface area (Å²) in [6.45, 7) is 6.58. The molecule has 0 radical (unpaired) electrons. The fourth-order valence-corrected chi connectivity index (χ4v) is 3.07. The summed E-state index contributed by atoms with van der Waals surface area (Å²) >= 11 is 0. The van der Waals surface area contributed by atoms with Crippen LogP contribution >= 0.6 is 0 Å². The molecule has 1 aliphatic rings. The summed E-state index contributed by atoms with van der Waals surface area (Å²) in [5.74, 6) is -1.50. The molecule has 2 N–H and O–H groups in total. The Kier molecular flexibility index (Phi) is 6.28. The smallest absolute Gasteiger partial charge is 0.318 e. The maximum Gasteiger partial charge on any atom is 0.416 e. The quantitative estimate of drug-likeness (QED) is 0.589. The third-order valence-corrected chi connectivity index (χ3v) is 4.76. The standard InChI is InChI=1S/C19H24F3N3O2/c1-18(2,3)12-7-9-14(10-8-12)24-25-17(27)16(26)23-15-6-4-5-13(11-15)19(20,21)22/h4-6,11-12H,7-10H2,1-3H3,(H,23,26)(H,25,27). The Balaban J connectivity index is 1.89. The molecule has 0 bridgehead atoms. The predicted molar refractivity (Wildman–Crippen MR) is 97.1 cm³/mol. The van der Waals surface area contributed by atoms with E-state index in [1.807, 2.05) is 0 Å². The van der Waals surface area contributed by atoms with E-state index in [0.29, 0.717) is 5.92 Å². The van der Waals surface area contributed by atoms with Crippen LogP contribution in [0, 0.1) is 11.3 Å². The number of hydrogen-bond acceptors (Lipinski definition) is 3. The molecule has 1 aromatic carbocycles. The van der Waals surface area contributed by atoms with Crippen molar-refractivity contribution in [2.75, 3.05) is 5.32 Å². The van der Waals surface area contributed by atoms with Crippen molar-refractivity contribution in [3.8, 4) is 0 Å². The first-order chi connectivity index (χ1) is 12.5. The second-order valence-corrected chi connectivity index (χ2v) is 7.79. The fourth-order valence-electron chi connectivity index (χ4n) is 3.07. The summed E-state index contributed by atoms with van der Waals surface area (Å²) in [7, 11) is 0. The van der Waals surface area contributed by atoms with E-state index in [9.17, 15) is 22.8 Å². The molecule has 5 nitrogen and oxygen atoms in total. The average molecular weight is 383 g/mol. The summed E-state index contributed by atoms with van der Waals surface area (Å²) < 4.78 is 38.0. The summed E-state index contributed by atoms with van der Waals surface area (Å²) in [6, 6.07) is 4.09. The molecule has 0 unspecified atom stereocenters. The van der Waals surface area contributed by atoms with E-state index in [1.165, 1.54) is 6.07 Å². The lowest BCUT2D eigenvalue weighted by Gasteiger charge is -2.34. The molecule has 0 aromatic heterocycles. The first kappa shape index (κ1) is 20.9. The molecule has 0 saturated heterocycles. The molecule has 2 amide bonds. The molecule has 0 spiro atoms. The van der Waals surface area contributed by atoms with Gasteiger partial charge in [-0.15, -0.1) is 0 Å². The average Bonchev–Trinajstić information content (AvgIpc) is 2.58. The van der Waals surface area contributed by atoms with E-state index in [1.54, 1.807) is 0 Å². The molecule has 1 fully saturated rings. The second-order valence-electron chi connectivity index (χ2n) is 7.79. The zero-order valence-corrected chi connectivity index (χ0v) is 15.6. The highest BCUT2D eigenvalue weighted by Crippen LogP contribution is 2.36. The highest BCUT2D eigenvalue weighted by molar-refractivity contribution is 6.39. The molecule has 27 heavy (non-hydrogen) atoms. The van der Waals surface area contributed by atoms with Crippen molar-refractivity contribution in [2.45, 2.75) is 52.6 Å². The molecule has 8 heteroatoms. The van der Waals surface area contributed by atoms with Gasteiger partial charge in [0.2, 0.25) is 0 Å². The number of amides is 2. The number of carbonyl (C=O) groups is 2. The fraction of sp³-hybridized carbons (Fsp3) is 0.526. The lowest BCUT2D eigenvalue weighted by atomic mass is 9.72. The van der Waals surface area contributed by atoms with Crippen LogP contribution in [0.25, 0.3) is 0 Å². The van der Waals surface area contributed by atoms with Crippen LogP contribution in [0.15, 0.2) is 29.4 Å². The van der Waals surface area contributed by atoms with E-state index in [2.05, 4.69) is 36.6 Å². The van der Waals surface area contributed by atoms with Gasteiger partial charge in [0.05, 0.1) is 5.56 Å². The molecule has 1 aliphatic carbocycles. The number of benzene rings is 1. The molecule has 148 valence electrons. The van der Waals surface area contributed by atoms with E-state index in [4.69, 9.17) is 0 Å². The first-order valence-corrected chi connectivity index (χ1v) is 8.81. The molecule has 0 atom stereocenters. The Morgan fingerprint density at radius 2 is 1.70 bits per heavy atom. The van der Waals surface area contributed by atoms with Crippen LogP contribution in [-0.2, 0) is 15.8 Å². The maximum atomic E-state index is 12.7. The van der Waals surface area contributed by atoms with Gasteiger partial charge < -0.3 is 5.32 Å². The van der Waals surface area contributed by atoms with Crippen molar-refractivity contribution in [3.05, 3.63) is 29.8 Å². The van der Waals surface area contributed by atoms with Gasteiger partial charge in [-0.25, -0.2) is 5.43 Å². The third kappa shape index (κ3) is 6.08. The normalized spacial score (nSPS) is 18.0. The van der Waals surface area contributed by atoms with Crippen molar-refractivity contribution in [1.29, 1.82) is 0 Å². The Hall–Kier alpha value is -2.38. The SMILES string of the molecule is CC(C)(C)C1CCC(=NNC(=O)C(=O)Nc2cccc(C(F)(F)F)c2)CC1. The van der Waals surface area contributed by atoms with Crippen molar-refractivity contribution >= 4 is 23.2 Å². The molecule has 1 saturated carbocycles. The van der Waals surface area contributed by atoms with Gasteiger partial charge in [-0.1, -0.05) is 26.8 Å². The first-order valence-electron chi connectivity index (χ1n) is 8.81. The minimum Gasteiger partial charge on any atom is -0.318 e. The van der Waals surface area contributed by atoms with Gasteiger partial charge in [-0.05, 0) is 55.2 Å². The van der Waals surface area contributed by atoms with Gasteiger partial charge in [0.15, 0.2) is 0 Å². The summed E-state index contributed by atoms with van der Waals surface area (Å²) in [5, 5.41) is 6.14. The number of anilines is 1. The van der Waals surface area contributed by atoms with Crippen molar-refractivity contribution in [3.63, 3.8) is 0 Å². The van der Waals surface area contributed by atoms with Crippen LogP contribution in [0.1, 0.15) is 52.0 Å². The highest BCUT2D eigenvalue weighted by Gasteiger charge is 2.31. The monoisotopic (exact) mass is 383 g/mol. The van der Waals surface area contributed by atoms with Gasteiger partial charge in [0.25, 0.3) is 0 Å². The number of nitrogens with one attached hydrogen (secondary N) is 2.